The molecule has 1 aromatic rings. The molecule has 21 heavy (non-hydrogen) atoms. The molecule has 0 saturated carbocycles. The van der Waals surface area contributed by atoms with Gasteiger partial charge in [0.15, 0.2) is 0 Å². The molecular weight excluding hydrogens is 262 g/mol. The van der Waals surface area contributed by atoms with Crippen molar-refractivity contribution >= 4 is 0 Å². The monoisotopic (exact) mass is 289 g/mol. The van der Waals surface area contributed by atoms with Gasteiger partial charge in [0.2, 0.25) is 0 Å². The lowest BCUT2D eigenvalue weighted by atomic mass is 10.0. The van der Waals surface area contributed by atoms with Gasteiger partial charge >= 0.3 is 0 Å². The molecule has 1 saturated heterocycles. The molecule has 5 nitrogen and oxygen atoms in total. The smallest absolute Gasteiger partial charge is 0.142 e. The Morgan fingerprint density at radius 3 is 2.10 bits per heavy atom. The summed E-state index contributed by atoms with van der Waals surface area (Å²) < 4.78 is 2.06. The predicted molar refractivity (Wildman–Crippen MR) is 83.9 cm³/mol. The van der Waals surface area contributed by atoms with E-state index < -0.39 is 0 Å². The molecule has 0 N–H and O–H groups in total. The lowest BCUT2D eigenvalue weighted by molar-refractivity contribution is 0.0512. The lowest BCUT2D eigenvalue weighted by Crippen LogP contribution is -2.53. The Balaban J connectivity index is 2.14. The highest BCUT2D eigenvalue weighted by molar-refractivity contribution is 5.24. The molecule has 0 spiro atoms. The maximum atomic E-state index is 9.63. The highest BCUT2D eigenvalue weighted by Crippen LogP contribution is 2.25. The summed E-state index contributed by atoms with van der Waals surface area (Å²) in [6, 6.07) is 2.22. The number of aromatic nitrogens is 2. The van der Waals surface area contributed by atoms with Crippen molar-refractivity contribution in [2.24, 2.45) is 7.05 Å². The van der Waals surface area contributed by atoms with Crippen LogP contribution in [-0.2, 0) is 7.05 Å². The fraction of sp³-hybridized carbons (Fsp3) is 0.750. The molecule has 1 unspecified atom stereocenters. The van der Waals surface area contributed by atoms with Crippen LogP contribution >= 0.6 is 0 Å². The van der Waals surface area contributed by atoms with Crippen LogP contribution in [0, 0.1) is 25.2 Å². The molecule has 5 heteroatoms. The first-order valence-electron chi connectivity index (χ1n) is 7.64. The van der Waals surface area contributed by atoms with E-state index in [1.54, 1.807) is 0 Å². The van der Waals surface area contributed by atoms with Crippen LogP contribution < -0.4 is 0 Å². The molecule has 1 aromatic heterocycles. The fourth-order valence-corrected chi connectivity index (χ4v) is 2.97. The van der Waals surface area contributed by atoms with Gasteiger partial charge in [0.05, 0.1) is 11.8 Å². The van der Waals surface area contributed by atoms with E-state index in [9.17, 15) is 5.26 Å². The average Bonchev–Trinajstić information content (AvgIpc) is 2.67. The van der Waals surface area contributed by atoms with E-state index in [1.807, 2.05) is 20.9 Å². The average molecular weight is 289 g/mol. The van der Waals surface area contributed by atoms with Gasteiger partial charge in [-0.1, -0.05) is 0 Å². The molecule has 0 bridgehead atoms. The van der Waals surface area contributed by atoms with Crippen LogP contribution in [0.3, 0.4) is 0 Å². The number of nitrogens with zero attached hydrogens (tertiary/aromatic N) is 5. The van der Waals surface area contributed by atoms with E-state index in [4.69, 9.17) is 0 Å². The highest BCUT2D eigenvalue weighted by atomic mass is 15.3. The van der Waals surface area contributed by atoms with Gasteiger partial charge < -0.3 is 4.57 Å². The van der Waals surface area contributed by atoms with Crippen LogP contribution in [0.5, 0.6) is 0 Å². The van der Waals surface area contributed by atoms with Gasteiger partial charge in [0, 0.05) is 44.5 Å². The zero-order valence-corrected chi connectivity index (χ0v) is 14.1. The minimum atomic E-state index is -0.230. The fourth-order valence-electron chi connectivity index (χ4n) is 2.97. The van der Waals surface area contributed by atoms with E-state index in [2.05, 4.69) is 46.2 Å². The second-order valence-corrected chi connectivity index (χ2v) is 6.91. The standard InChI is InChI=1S/C16H27N5/c1-12-15(18-13(2)19(12)6)14(11-17)20-7-9-21(10-8-20)16(3,4)5/h14H,7-10H2,1-6H3. The van der Waals surface area contributed by atoms with Crippen LogP contribution in [0.4, 0.5) is 0 Å². The molecule has 2 rings (SSSR count). The summed E-state index contributed by atoms with van der Waals surface area (Å²) in [5.74, 6) is 0.969. The van der Waals surface area contributed by atoms with E-state index in [1.165, 1.54) is 0 Å². The molecule has 116 valence electrons. The summed E-state index contributed by atoms with van der Waals surface area (Å²) >= 11 is 0. The zero-order chi connectivity index (χ0) is 15.8. The normalized spacial score (nSPS) is 19.5. The number of aryl methyl sites for hydroxylation is 1. The zero-order valence-electron chi connectivity index (χ0n) is 14.1. The first kappa shape index (κ1) is 16.0. The van der Waals surface area contributed by atoms with Crippen molar-refractivity contribution in [1.82, 2.24) is 19.4 Å². The van der Waals surface area contributed by atoms with Gasteiger partial charge in [0.1, 0.15) is 11.9 Å². The molecule has 0 aromatic carbocycles. The van der Waals surface area contributed by atoms with Crippen LogP contribution in [0.25, 0.3) is 0 Å². The first-order chi connectivity index (χ1) is 9.75. The molecule has 1 aliphatic rings. The summed E-state index contributed by atoms with van der Waals surface area (Å²) in [5, 5.41) is 9.63. The Hall–Kier alpha value is -1.38. The molecule has 0 amide bonds. The topological polar surface area (TPSA) is 48.1 Å². The maximum Gasteiger partial charge on any atom is 0.142 e. The van der Waals surface area contributed by atoms with E-state index in [0.29, 0.717) is 0 Å². The van der Waals surface area contributed by atoms with Gasteiger partial charge in [-0.2, -0.15) is 5.26 Å². The number of piperazine rings is 1. The van der Waals surface area contributed by atoms with E-state index in [0.717, 1.165) is 43.4 Å². The lowest BCUT2D eigenvalue weighted by Gasteiger charge is -2.43. The van der Waals surface area contributed by atoms with Crippen molar-refractivity contribution in [3.63, 3.8) is 0 Å². The Labute approximate surface area is 128 Å². The van der Waals surface area contributed by atoms with Gasteiger partial charge in [-0.15, -0.1) is 0 Å². The molecule has 0 radical (unpaired) electrons. The second kappa shape index (κ2) is 5.78. The first-order valence-corrected chi connectivity index (χ1v) is 7.64. The second-order valence-electron chi connectivity index (χ2n) is 6.91. The Bertz CT molecular complexity index is 538. The van der Waals surface area contributed by atoms with Gasteiger partial charge in [-0.25, -0.2) is 4.98 Å². The Morgan fingerprint density at radius 2 is 1.71 bits per heavy atom. The summed E-state index contributed by atoms with van der Waals surface area (Å²) in [6.07, 6.45) is 0. The largest absolute Gasteiger partial charge is 0.335 e. The van der Waals surface area contributed by atoms with E-state index >= 15 is 0 Å². The van der Waals surface area contributed by atoms with Crippen LogP contribution in [-0.4, -0.2) is 51.1 Å². The van der Waals surface area contributed by atoms with Crippen molar-refractivity contribution in [2.75, 3.05) is 26.2 Å². The van der Waals surface area contributed by atoms with Gasteiger partial charge in [0.25, 0.3) is 0 Å². The van der Waals surface area contributed by atoms with Crippen LogP contribution in [0.15, 0.2) is 0 Å². The van der Waals surface area contributed by atoms with Crippen molar-refractivity contribution < 1.29 is 0 Å². The molecule has 1 aliphatic heterocycles. The summed E-state index contributed by atoms with van der Waals surface area (Å²) in [7, 11) is 2.01. The van der Waals surface area contributed by atoms with Crippen molar-refractivity contribution in [2.45, 2.75) is 46.2 Å². The molecule has 1 fully saturated rings. The van der Waals surface area contributed by atoms with Crippen LogP contribution in [0.1, 0.15) is 44.0 Å². The van der Waals surface area contributed by atoms with Crippen molar-refractivity contribution in [3.05, 3.63) is 17.2 Å². The minimum Gasteiger partial charge on any atom is -0.335 e. The van der Waals surface area contributed by atoms with Gasteiger partial charge in [-0.05, 0) is 34.6 Å². The molecular formula is C16H27N5. The Morgan fingerprint density at radius 1 is 1.14 bits per heavy atom. The number of hydrogen-bond acceptors (Lipinski definition) is 4. The number of imidazole rings is 1. The maximum absolute atomic E-state index is 9.63. The molecule has 0 aliphatic carbocycles. The van der Waals surface area contributed by atoms with Gasteiger partial charge in [-0.3, -0.25) is 9.80 Å². The minimum absolute atomic E-state index is 0.200. The van der Waals surface area contributed by atoms with Crippen molar-refractivity contribution in [1.29, 1.82) is 5.26 Å². The number of nitriles is 1. The summed E-state index contributed by atoms with van der Waals surface area (Å²) in [4.78, 5) is 9.35. The number of rotatable bonds is 2. The van der Waals surface area contributed by atoms with Crippen molar-refractivity contribution in [3.8, 4) is 6.07 Å². The summed E-state index contributed by atoms with van der Waals surface area (Å²) in [5.41, 5.74) is 2.21. The van der Waals surface area contributed by atoms with Crippen LogP contribution in [0.2, 0.25) is 0 Å². The SMILES string of the molecule is Cc1nc(C(C#N)N2CCN(C(C)(C)C)CC2)c(C)n1C. The molecule has 1 atom stereocenters. The summed E-state index contributed by atoms with van der Waals surface area (Å²) in [6.45, 7) is 14.6. The third kappa shape index (κ3) is 3.12. The number of hydrogen-bond donors (Lipinski definition) is 0. The quantitative estimate of drug-likeness (QED) is 0.836. The third-order valence-electron chi connectivity index (χ3n) is 4.65. The molecule has 2 heterocycles. The van der Waals surface area contributed by atoms with E-state index in [-0.39, 0.29) is 11.6 Å². The highest BCUT2D eigenvalue weighted by Gasteiger charge is 2.31. The Kier molecular flexibility index (Phi) is 4.40. The third-order valence-corrected chi connectivity index (χ3v) is 4.65. The predicted octanol–water partition coefficient (Wildman–Crippen LogP) is 2.02.